The number of nitrogens with zero attached hydrogens (tertiary/aromatic N) is 1. The van der Waals surface area contributed by atoms with Gasteiger partial charge in [0.2, 0.25) is 5.91 Å². The SMILES string of the molecule is CCOc1ccc(CNC(=O)CN(c2cc(OC)ccc2OC)S(=O)(=O)c2ccc(OC)c(OC)c2)cc1. The lowest BCUT2D eigenvalue weighted by molar-refractivity contribution is -0.119. The number of ether oxygens (including phenoxy) is 5. The van der Waals surface area contributed by atoms with Gasteiger partial charge in [-0.25, -0.2) is 8.42 Å². The fourth-order valence-corrected chi connectivity index (χ4v) is 5.09. The Hall–Kier alpha value is -4.12. The standard InChI is InChI=1S/C27H32N2O8S/c1-6-37-20-9-7-19(8-10-20)17-28-27(30)18-29(23-15-21(33-2)11-13-24(23)34-3)38(31,32)22-12-14-25(35-4)26(16-22)36-5/h7-16H,6,17-18H2,1-5H3,(H,28,30). The Morgan fingerprint density at radius 3 is 2.03 bits per heavy atom. The van der Waals surface area contributed by atoms with Crippen LogP contribution in [0.4, 0.5) is 5.69 Å². The zero-order valence-corrected chi connectivity index (χ0v) is 22.8. The van der Waals surface area contributed by atoms with Gasteiger partial charge < -0.3 is 29.0 Å². The molecule has 3 aromatic carbocycles. The molecule has 0 radical (unpaired) electrons. The molecular weight excluding hydrogens is 512 g/mol. The Bertz CT molecular complexity index is 1340. The summed E-state index contributed by atoms with van der Waals surface area (Å²) in [5.41, 5.74) is 0.966. The van der Waals surface area contributed by atoms with Crippen LogP contribution in [-0.2, 0) is 21.4 Å². The molecule has 1 amide bonds. The van der Waals surface area contributed by atoms with Crippen molar-refractivity contribution in [1.29, 1.82) is 0 Å². The summed E-state index contributed by atoms with van der Waals surface area (Å²) in [6.07, 6.45) is 0. The summed E-state index contributed by atoms with van der Waals surface area (Å²) < 4.78 is 55.5. The summed E-state index contributed by atoms with van der Waals surface area (Å²) >= 11 is 0. The fraction of sp³-hybridized carbons (Fsp3) is 0.296. The van der Waals surface area contributed by atoms with Gasteiger partial charge in [0.1, 0.15) is 23.8 Å². The minimum absolute atomic E-state index is 0.0978. The van der Waals surface area contributed by atoms with E-state index in [2.05, 4.69) is 5.32 Å². The first-order valence-corrected chi connectivity index (χ1v) is 13.2. The summed E-state index contributed by atoms with van der Waals surface area (Å²) in [5.74, 6) is 1.43. The number of benzene rings is 3. The van der Waals surface area contributed by atoms with Crippen LogP contribution in [0.3, 0.4) is 0 Å². The van der Waals surface area contributed by atoms with Crippen molar-refractivity contribution in [3.8, 4) is 28.7 Å². The highest BCUT2D eigenvalue weighted by Crippen LogP contribution is 2.37. The second-order valence-corrected chi connectivity index (χ2v) is 9.78. The Morgan fingerprint density at radius 2 is 1.42 bits per heavy atom. The molecule has 0 aliphatic heterocycles. The first-order chi connectivity index (χ1) is 18.3. The Kier molecular flexibility index (Phi) is 9.66. The average Bonchev–Trinajstić information content (AvgIpc) is 2.94. The normalized spacial score (nSPS) is 10.9. The molecule has 0 saturated carbocycles. The number of anilines is 1. The van der Waals surface area contributed by atoms with Crippen LogP contribution in [0.1, 0.15) is 12.5 Å². The van der Waals surface area contributed by atoms with E-state index in [4.69, 9.17) is 23.7 Å². The number of carbonyl (C=O) groups is 1. The molecule has 204 valence electrons. The molecular formula is C27H32N2O8S. The lowest BCUT2D eigenvalue weighted by Gasteiger charge is -2.26. The van der Waals surface area contributed by atoms with Crippen molar-refractivity contribution < 1.29 is 36.9 Å². The number of methoxy groups -OCH3 is 4. The van der Waals surface area contributed by atoms with Gasteiger partial charge in [-0.1, -0.05) is 12.1 Å². The van der Waals surface area contributed by atoms with Gasteiger partial charge >= 0.3 is 0 Å². The third-order valence-corrected chi connectivity index (χ3v) is 7.36. The average molecular weight is 545 g/mol. The maximum atomic E-state index is 13.9. The second-order valence-electron chi connectivity index (χ2n) is 7.92. The number of amides is 1. The van der Waals surface area contributed by atoms with Crippen molar-refractivity contribution in [2.45, 2.75) is 18.4 Å². The molecule has 10 nitrogen and oxygen atoms in total. The zero-order valence-electron chi connectivity index (χ0n) is 22.0. The van der Waals surface area contributed by atoms with Gasteiger partial charge in [-0.2, -0.15) is 0 Å². The third-order valence-electron chi connectivity index (χ3n) is 5.61. The molecule has 3 aromatic rings. The number of sulfonamides is 1. The molecule has 0 bridgehead atoms. The molecule has 38 heavy (non-hydrogen) atoms. The van der Waals surface area contributed by atoms with Gasteiger partial charge in [0.25, 0.3) is 10.0 Å². The highest BCUT2D eigenvalue weighted by molar-refractivity contribution is 7.92. The van der Waals surface area contributed by atoms with Crippen LogP contribution >= 0.6 is 0 Å². The van der Waals surface area contributed by atoms with E-state index in [-0.39, 0.29) is 28.6 Å². The minimum Gasteiger partial charge on any atom is -0.497 e. The van der Waals surface area contributed by atoms with Crippen LogP contribution in [0.25, 0.3) is 0 Å². The molecule has 0 aliphatic rings. The van der Waals surface area contributed by atoms with Crippen molar-refractivity contribution in [3.63, 3.8) is 0 Å². The lowest BCUT2D eigenvalue weighted by Crippen LogP contribution is -2.40. The lowest BCUT2D eigenvalue weighted by atomic mass is 10.2. The molecule has 3 rings (SSSR count). The first-order valence-electron chi connectivity index (χ1n) is 11.7. The Balaban J connectivity index is 1.96. The monoisotopic (exact) mass is 544 g/mol. The molecule has 0 atom stereocenters. The van der Waals surface area contributed by atoms with Gasteiger partial charge in [-0.05, 0) is 48.9 Å². The van der Waals surface area contributed by atoms with Gasteiger partial charge in [0.05, 0.1) is 45.6 Å². The highest BCUT2D eigenvalue weighted by atomic mass is 32.2. The highest BCUT2D eigenvalue weighted by Gasteiger charge is 2.31. The largest absolute Gasteiger partial charge is 0.497 e. The molecule has 1 N–H and O–H groups in total. The molecule has 0 unspecified atom stereocenters. The van der Waals surface area contributed by atoms with Crippen molar-refractivity contribution in [2.24, 2.45) is 0 Å². The van der Waals surface area contributed by atoms with Crippen molar-refractivity contribution in [1.82, 2.24) is 5.32 Å². The number of carbonyl (C=O) groups excluding carboxylic acids is 1. The maximum absolute atomic E-state index is 13.9. The minimum atomic E-state index is -4.27. The van der Waals surface area contributed by atoms with Crippen LogP contribution in [0.5, 0.6) is 28.7 Å². The number of hydrogen-bond donors (Lipinski definition) is 1. The van der Waals surface area contributed by atoms with Gasteiger partial charge in [-0.15, -0.1) is 0 Å². The summed E-state index contributed by atoms with van der Waals surface area (Å²) in [6.45, 7) is 2.13. The van der Waals surface area contributed by atoms with Crippen LogP contribution < -0.4 is 33.3 Å². The molecule has 11 heteroatoms. The summed E-state index contributed by atoms with van der Waals surface area (Å²) in [4.78, 5) is 13.0. The molecule has 0 fully saturated rings. The van der Waals surface area contributed by atoms with Gasteiger partial charge in [0.15, 0.2) is 11.5 Å². The van der Waals surface area contributed by atoms with E-state index in [1.165, 1.54) is 52.7 Å². The quantitative estimate of drug-likeness (QED) is 0.347. The smallest absolute Gasteiger partial charge is 0.265 e. The summed E-state index contributed by atoms with van der Waals surface area (Å²) in [5, 5.41) is 2.78. The van der Waals surface area contributed by atoms with Crippen LogP contribution in [0.2, 0.25) is 0 Å². The van der Waals surface area contributed by atoms with E-state index in [9.17, 15) is 13.2 Å². The molecule has 0 saturated heterocycles. The summed E-state index contributed by atoms with van der Waals surface area (Å²) in [7, 11) is 1.46. The first kappa shape index (κ1) is 28.5. The van der Waals surface area contributed by atoms with Gasteiger partial charge in [0, 0.05) is 18.7 Å². The molecule has 0 aromatic heterocycles. The van der Waals surface area contributed by atoms with Crippen LogP contribution in [0, 0.1) is 0 Å². The van der Waals surface area contributed by atoms with Crippen LogP contribution in [0.15, 0.2) is 65.6 Å². The van der Waals surface area contributed by atoms with Crippen molar-refractivity contribution in [2.75, 3.05) is 45.9 Å². The number of rotatable bonds is 13. The zero-order chi connectivity index (χ0) is 27.7. The fourth-order valence-electron chi connectivity index (χ4n) is 3.65. The van der Waals surface area contributed by atoms with E-state index >= 15 is 0 Å². The van der Waals surface area contributed by atoms with Crippen LogP contribution in [-0.4, -0.2) is 55.9 Å². The third kappa shape index (κ3) is 6.60. The predicted octanol–water partition coefficient (Wildman–Crippen LogP) is 3.63. The van der Waals surface area contributed by atoms with E-state index in [0.29, 0.717) is 18.1 Å². The number of hydrogen-bond acceptors (Lipinski definition) is 8. The summed E-state index contributed by atoms with van der Waals surface area (Å²) in [6, 6.07) is 16.2. The van der Waals surface area contributed by atoms with E-state index in [1.807, 2.05) is 19.1 Å². The topological polar surface area (TPSA) is 113 Å². The van der Waals surface area contributed by atoms with Crippen molar-refractivity contribution >= 4 is 21.6 Å². The van der Waals surface area contributed by atoms with E-state index < -0.39 is 22.5 Å². The number of nitrogens with one attached hydrogen (secondary N) is 1. The van der Waals surface area contributed by atoms with Gasteiger partial charge in [-0.3, -0.25) is 9.10 Å². The molecule has 0 aliphatic carbocycles. The van der Waals surface area contributed by atoms with E-state index in [0.717, 1.165) is 15.6 Å². The van der Waals surface area contributed by atoms with Crippen molar-refractivity contribution in [3.05, 3.63) is 66.2 Å². The maximum Gasteiger partial charge on any atom is 0.265 e. The predicted molar refractivity (Wildman–Crippen MR) is 143 cm³/mol. The second kappa shape index (κ2) is 12.9. The molecule has 0 heterocycles. The Labute approximate surface area is 223 Å². The molecule has 0 spiro atoms. The Morgan fingerprint density at radius 1 is 0.789 bits per heavy atom. The van der Waals surface area contributed by atoms with E-state index in [1.54, 1.807) is 24.3 Å².